The van der Waals surface area contributed by atoms with Gasteiger partial charge in [0.1, 0.15) is 0 Å². The van der Waals surface area contributed by atoms with E-state index in [1.54, 1.807) is 6.20 Å². The maximum absolute atomic E-state index is 13.2. The molecule has 1 fully saturated rings. The van der Waals surface area contributed by atoms with E-state index in [2.05, 4.69) is 39.4 Å². The second-order valence-electron chi connectivity index (χ2n) is 8.69. The van der Waals surface area contributed by atoms with Crippen LogP contribution >= 0.6 is 0 Å². The van der Waals surface area contributed by atoms with E-state index in [4.69, 9.17) is 0 Å². The van der Waals surface area contributed by atoms with Crippen molar-refractivity contribution in [3.63, 3.8) is 0 Å². The Morgan fingerprint density at radius 1 is 1.12 bits per heavy atom. The summed E-state index contributed by atoms with van der Waals surface area (Å²) in [7, 11) is 0. The van der Waals surface area contributed by atoms with Gasteiger partial charge in [0.2, 0.25) is 11.8 Å². The molecule has 0 bridgehead atoms. The van der Waals surface area contributed by atoms with E-state index in [-0.39, 0.29) is 17.7 Å². The average Bonchev–Trinajstić information content (AvgIpc) is 3.06. The number of rotatable bonds is 6. The first-order valence-electron chi connectivity index (χ1n) is 11.5. The Morgan fingerprint density at radius 3 is 2.55 bits per heavy atom. The number of aromatic nitrogens is 3. The minimum Gasteiger partial charge on any atom is -0.341 e. The van der Waals surface area contributed by atoms with Crippen molar-refractivity contribution in [3.8, 4) is 11.1 Å². The Morgan fingerprint density at radius 2 is 1.91 bits per heavy atom. The number of hydrogen-bond acceptors (Lipinski definition) is 4. The zero-order valence-corrected chi connectivity index (χ0v) is 19.5. The summed E-state index contributed by atoms with van der Waals surface area (Å²) in [5, 5.41) is 7.16. The van der Waals surface area contributed by atoms with Crippen LogP contribution in [0.25, 0.3) is 11.1 Å². The molecule has 1 N–H and O–H groups in total. The highest BCUT2D eigenvalue weighted by Crippen LogP contribution is 2.22. The molecule has 33 heavy (non-hydrogen) atoms. The van der Waals surface area contributed by atoms with Crippen LogP contribution in [0.4, 0.5) is 0 Å². The van der Waals surface area contributed by atoms with Crippen molar-refractivity contribution in [2.24, 2.45) is 5.92 Å². The number of H-pyrrole nitrogens is 1. The molecule has 7 heteroatoms. The molecule has 1 aliphatic rings. The van der Waals surface area contributed by atoms with Gasteiger partial charge in [-0.1, -0.05) is 30.3 Å². The van der Waals surface area contributed by atoms with Crippen molar-refractivity contribution in [2.45, 2.75) is 33.6 Å². The van der Waals surface area contributed by atoms with Crippen LogP contribution in [0.5, 0.6) is 0 Å². The quantitative estimate of drug-likeness (QED) is 0.632. The second-order valence-corrected chi connectivity index (χ2v) is 8.69. The van der Waals surface area contributed by atoms with Crippen LogP contribution in [0.1, 0.15) is 29.4 Å². The highest BCUT2D eigenvalue weighted by molar-refractivity contribution is 5.83. The van der Waals surface area contributed by atoms with Crippen LogP contribution in [-0.4, -0.2) is 63.0 Å². The third-order valence-electron chi connectivity index (χ3n) is 6.52. The average molecular weight is 446 g/mol. The first-order chi connectivity index (χ1) is 16.0. The van der Waals surface area contributed by atoms with Crippen molar-refractivity contribution in [1.82, 2.24) is 25.0 Å². The molecule has 2 amide bonds. The highest BCUT2D eigenvalue weighted by atomic mass is 16.2. The topological polar surface area (TPSA) is 82.2 Å². The van der Waals surface area contributed by atoms with Crippen molar-refractivity contribution in [3.05, 3.63) is 71.3 Å². The van der Waals surface area contributed by atoms with E-state index in [0.717, 1.165) is 33.6 Å². The lowest BCUT2D eigenvalue weighted by Gasteiger charge is -2.24. The number of carbonyl (C=O) groups is 2. The molecule has 1 atom stereocenters. The fraction of sp³-hybridized carbons (Fsp3) is 0.385. The van der Waals surface area contributed by atoms with Gasteiger partial charge in [-0.2, -0.15) is 5.10 Å². The van der Waals surface area contributed by atoms with Gasteiger partial charge in [0, 0.05) is 49.8 Å². The maximum Gasteiger partial charge on any atom is 0.227 e. The molecule has 0 aliphatic carbocycles. The third kappa shape index (κ3) is 5.13. The lowest BCUT2D eigenvalue weighted by molar-refractivity contribution is -0.134. The molecule has 0 unspecified atom stereocenters. The number of nitrogens with zero attached hydrogens (tertiary/aromatic N) is 4. The molecular weight excluding hydrogens is 414 g/mol. The Bertz CT molecular complexity index is 1090. The zero-order valence-electron chi connectivity index (χ0n) is 19.5. The van der Waals surface area contributed by atoms with Gasteiger partial charge in [0.15, 0.2) is 0 Å². The predicted molar refractivity (Wildman–Crippen MR) is 127 cm³/mol. The normalized spacial score (nSPS) is 16.7. The van der Waals surface area contributed by atoms with Gasteiger partial charge in [-0.15, -0.1) is 0 Å². The number of aryl methyl sites for hydroxylation is 2. The molecule has 1 aromatic carbocycles. The molecule has 0 spiro atoms. The zero-order chi connectivity index (χ0) is 23.4. The Hall–Kier alpha value is -3.48. The van der Waals surface area contributed by atoms with Gasteiger partial charge < -0.3 is 9.80 Å². The van der Waals surface area contributed by atoms with E-state index < -0.39 is 0 Å². The van der Waals surface area contributed by atoms with Crippen LogP contribution in [0.3, 0.4) is 0 Å². The van der Waals surface area contributed by atoms with Gasteiger partial charge in [-0.25, -0.2) is 0 Å². The number of aromatic amines is 1. The van der Waals surface area contributed by atoms with E-state index in [1.807, 2.05) is 48.9 Å². The van der Waals surface area contributed by atoms with Crippen LogP contribution in [0, 0.1) is 19.8 Å². The van der Waals surface area contributed by atoms with Crippen LogP contribution < -0.4 is 0 Å². The number of nitrogens with one attached hydrogen (secondary N) is 1. The van der Waals surface area contributed by atoms with Crippen molar-refractivity contribution >= 4 is 11.8 Å². The van der Waals surface area contributed by atoms with E-state index >= 15 is 0 Å². The van der Waals surface area contributed by atoms with Crippen LogP contribution in [0.2, 0.25) is 0 Å². The molecule has 1 saturated heterocycles. The number of benzene rings is 1. The maximum atomic E-state index is 13.2. The van der Waals surface area contributed by atoms with Gasteiger partial charge in [0.25, 0.3) is 0 Å². The summed E-state index contributed by atoms with van der Waals surface area (Å²) >= 11 is 0. The molecule has 3 heterocycles. The first kappa shape index (κ1) is 22.7. The number of amides is 2. The SMILES string of the molecule is CCN1CCN(C(=O)Cc2c(C)n[nH]c2C)C[C@H](Cc2ccc(-c3cccnc3)cc2)C1=O. The molecule has 7 nitrogen and oxygen atoms in total. The Labute approximate surface area is 194 Å². The van der Waals surface area contributed by atoms with Crippen LogP contribution in [-0.2, 0) is 22.4 Å². The molecule has 4 rings (SSSR count). The van der Waals surface area contributed by atoms with E-state index in [9.17, 15) is 9.59 Å². The minimum atomic E-state index is -0.257. The first-order valence-corrected chi connectivity index (χ1v) is 11.5. The number of likely N-dealkylation sites (N-methyl/N-ethyl adjacent to an activating group) is 1. The van der Waals surface area contributed by atoms with Gasteiger partial charge in [-0.3, -0.25) is 19.7 Å². The molecule has 0 saturated carbocycles. The summed E-state index contributed by atoms with van der Waals surface area (Å²) in [4.78, 5) is 34.3. The fourth-order valence-corrected chi connectivity index (χ4v) is 4.49. The summed E-state index contributed by atoms with van der Waals surface area (Å²) in [6.45, 7) is 8.06. The van der Waals surface area contributed by atoms with Gasteiger partial charge >= 0.3 is 0 Å². The summed E-state index contributed by atoms with van der Waals surface area (Å²) in [6, 6.07) is 12.2. The molecule has 2 aromatic heterocycles. The smallest absolute Gasteiger partial charge is 0.227 e. The molecule has 3 aromatic rings. The summed E-state index contributed by atoms with van der Waals surface area (Å²) in [5.41, 5.74) is 5.97. The monoisotopic (exact) mass is 445 g/mol. The minimum absolute atomic E-state index is 0.0466. The standard InChI is InChI=1S/C26H31N5O2/c1-4-30-12-13-31(25(32)15-24-18(2)28-29-19(24)3)17-23(26(30)33)14-20-7-9-21(10-8-20)22-6-5-11-27-16-22/h5-11,16,23H,4,12-15,17H2,1-3H3,(H,28,29)/t23-/m0/s1. The van der Waals surface area contributed by atoms with Crippen LogP contribution in [0.15, 0.2) is 48.8 Å². The number of hydrogen-bond donors (Lipinski definition) is 1. The van der Waals surface area contributed by atoms with Crippen molar-refractivity contribution in [2.75, 3.05) is 26.2 Å². The highest BCUT2D eigenvalue weighted by Gasteiger charge is 2.32. The summed E-state index contributed by atoms with van der Waals surface area (Å²) in [5.74, 6) is -0.0859. The molecule has 0 radical (unpaired) electrons. The lowest BCUT2D eigenvalue weighted by Crippen LogP contribution is -2.38. The predicted octanol–water partition coefficient (Wildman–Crippen LogP) is 3.18. The van der Waals surface area contributed by atoms with E-state index in [0.29, 0.717) is 39.0 Å². The van der Waals surface area contributed by atoms with E-state index in [1.165, 1.54) is 0 Å². The molecular formula is C26H31N5O2. The Kier molecular flexibility index (Phi) is 6.87. The number of carbonyl (C=O) groups excluding carboxylic acids is 2. The van der Waals surface area contributed by atoms with Crippen molar-refractivity contribution in [1.29, 1.82) is 0 Å². The summed E-state index contributed by atoms with van der Waals surface area (Å²) < 4.78 is 0. The Balaban J connectivity index is 1.50. The summed E-state index contributed by atoms with van der Waals surface area (Å²) in [6.07, 6.45) is 4.52. The molecule has 1 aliphatic heterocycles. The van der Waals surface area contributed by atoms with Gasteiger partial charge in [-0.05, 0) is 49.9 Å². The fourth-order valence-electron chi connectivity index (χ4n) is 4.49. The van der Waals surface area contributed by atoms with Gasteiger partial charge in [0.05, 0.1) is 18.0 Å². The molecule has 172 valence electrons. The lowest BCUT2D eigenvalue weighted by atomic mass is 9.95. The largest absolute Gasteiger partial charge is 0.341 e. The van der Waals surface area contributed by atoms with Crippen molar-refractivity contribution < 1.29 is 9.59 Å². The second kappa shape index (κ2) is 9.98. The third-order valence-corrected chi connectivity index (χ3v) is 6.52. The number of pyridine rings is 1.